The van der Waals surface area contributed by atoms with Gasteiger partial charge in [0.15, 0.2) is 0 Å². The van der Waals surface area contributed by atoms with Crippen molar-refractivity contribution < 1.29 is 13.5 Å². The van der Waals surface area contributed by atoms with Crippen molar-refractivity contribution >= 4 is 10.2 Å². The van der Waals surface area contributed by atoms with Gasteiger partial charge in [-0.25, -0.2) is 0 Å². The normalized spacial score (nSPS) is 36.4. The molecule has 2 N–H and O–H groups in total. The molecule has 7 heteroatoms. The van der Waals surface area contributed by atoms with Crippen molar-refractivity contribution in [3.8, 4) is 0 Å². The van der Waals surface area contributed by atoms with E-state index in [1.54, 1.807) is 0 Å². The molecule has 3 fully saturated rings. The third-order valence-electron chi connectivity index (χ3n) is 5.00. The van der Waals surface area contributed by atoms with E-state index in [9.17, 15) is 13.5 Å². The van der Waals surface area contributed by atoms with Gasteiger partial charge >= 0.3 is 0 Å². The predicted octanol–water partition coefficient (Wildman–Crippen LogP) is -0.0957. The third kappa shape index (κ3) is 2.74. The van der Waals surface area contributed by atoms with E-state index < -0.39 is 10.2 Å². The summed E-state index contributed by atoms with van der Waals surface area (Å²) in [5, 5.41) is 9.39. The molecule has 116 valence electrons. The van der Waals surface area contributed by atoms with E-state index in [2.05, 4.69) is 9.62 Å². The molecule has 0 aromatic rings. The van der Waals surface area contributed by atoms with Crippen LogP contribution in [0.15, 0.2) is 0 Å². The zero-order valence-electron chi connectivity index (χ0n) is 11.9. The standard InChI is InChI=1S/C13H25N3O3S/c17-10-11-4-1-2-8-16(11)20(18,19)14-12-6-9-15-7-3-5-13(12)15/h11-14,17H,1-10H2. The van der Waals surface area contributed by atoms with Crippen LogP contribution in [-0.4, -0.2) is 67.1 Å². The molecule has 0 radical (unpaired) electrons. The molecule has 6 nitrogen and oxygen atoms in total. The highest BCUT2D eigenvalue weighted by atomic mass is 32.2. The van der Waals surface area contributed by atoms with Crippen LogP contribution < -0.4 is 4.72 Å². The van der Waals surface area contributed by atoms with E-state index >= 15 is 0 Å². The van der Waals surface area contributed by atoms with E-state index in [0.29, 0.717) is 12.6 Å². The summed E-state index contributed by atoms with van der Waals surface area (Å²) in [5.41, 5.74) is 0. The molecule has 0 aromatic carbocycles. The molecule has 20 heavy (non-hydrogen) atoms. The fourth-order valence-electron chi connectivity index (χ4n) is 3.95. The highest BCUT2D eigenvalue weighted by Gasteiger charge is 2.41. The van der Waals surface area contributed by atoms with Crippen LogP contribution in [0, 0.1) is 0 Å². The van der Waals surface area contributed by atoms with E-state index in [0.717, 1.165) is 45.2 Å². The van der Waals surface area contributed by atoms with Gasteiger partial charge < -0.3 is 5.11 Å². The average Bonchev–Trinajstić information content (AvgIpc) is 3.04. The quantitative estimate of drug-likeness (QED) is 0.761. The lowest BCUT2D eigenvalue weighted by atomic mass is 10.1. The van der Waals surface area contributed by atoms with Crippen molar-refractivity contribution in [2.75, 3.05) is 26.2 Å². The summed E-state index contributed by atoms with van der Waals surface area (Å²) in [4.78, 5) is 2.40. The molecule has 3 aliphatic rings. The maximum atomic E-state index is 12.6. The summed E-state index contributed by atoms with van der Waals surface area (Å²) >= 11 is 0. The van der Waals surface area contributed by atoms with Crippen molar-refractivity contribution in [2.24, 2.45) is 0 Å². The Balaban J connectivity index is 1.68. The first-order valence-corrected chi connectivity index (χ1v) is 9.20. The molecular formula is C13H25N3O3S. The minimum absolute atomic E-state index is 0.0452. The first-order chi connectivity index (χ1) is 9.62. The summed E-state index contributed by atoms with van der Waals surface area (Å²) in [6.07, 6.45) is 5.82. The Morgan fingerprint density at radius 2 is 1.90 bits per heavy atom. The van der Waals surface area contributed by atoms with Crippen LogP contribution in [0.25, 0.3) is 0 Å². The van der Waals surface area contributed by atoms with Gasteiger partial charge in [-0.1, -0.05) is 6.42 Å². The Hall–Kier alpha value is -0.210. The molecule has 3 rings (SSSR count). The maximum absolute atomic E-state index is 12.6. The Bertz CT molecular complexity index is 442. The largest absolute Gasteiger partial charge is 0.395 e. The summed E-state index contributed by atoms with van der Waals surface area (Å²) in [6, 6.07) is 0.174. The van der Waals surface area contributed by atoms with Gasteiger partial charge in [0.1, 0.15) is 0 Å². The molecule has 0 saturated carbocycles. The fourth-order valence-corrected chi connectivity index (χ4v) is 5.68. The first kappa shape index (κ1) is 14.7. The Labute approximate surface area is 121 Å². The summed E-state index contributed by atoms with van der Waals surface area (Å²) in [6.45, 7) is 2.55. The van der Waals surface area contributed by atoms with Crippen molar-refractivity contribution in [3.63, 3.8) is 0 Å². The Morgan fingerprint density at radius 3 is 2.70 bits per heavy atom. The van der Waals surface area contributed by atoms with Crippen LogP contribution in [0.2, 0.25) is 0 Å². The van der Waals surface area contributed by atoms with Gasteiger partial charge in [0.2, 0.25) is 0 Å². The molecular weight excluding hydrogens is 278 g/mol. The average molecular weight is 303 g/mol. The molecule has 0 spiro atoms. The number of aliphatic hydroxyl groups is 1. The smallest absolute Gasteiger partial charge is 0.280 e. The van der Waals surface area contributed by atoms with Gasteiger partial charge in [-0.05, 0) is 38.6 Å². The van der Waals surface area contributed by atoms with Gasteiger partial charge in [0, 0.05) is 31.2 Å². The number of hydrogen-bond acceptors (Lipinski definition) is 4. The van der Waals surface area contributed by atoms with E-state index in [4.69, 9.17) is 0 Å². The third-order valence-corrected chi connectivity index (χ3v) is 6.70. The monoisotopic (exact) mass is 303 g/mol. The lowest BCUT2D eigenvalue weighted by molar-refractivity contribution is 0.153. The molecule has 3 unspecified atom stereocenters. The van der Waals surface area contributed by atoms with Gasteiger partial charge in [-0.15, -0.1) is 0 Å². The number of nitrogens with zero attached hydrogens (tertiary/aromatic N) is 2. The number of fused-ring (bicyclic) bond motifs is 1. The van der Waals surface area contributed by atoms with E-state index in [-0.39, 0.29) is 18.7 Å². The fraction of sp³-hybridized carbons (Fsp3) is 1.00. The van der Waals surface area contributed by atoms with Crippen LogP contribution in [0.4, 0.5) is 0 Å². The van der Waals surface area contributed by atoms with Gasteiger partial charge in [0.25, 0.3) is 10.2 Å². The van der Waals surface area contributed by atoms with Crippen LogP contribution in [-0.2, 0) is 10.2 Å². The van der Waals surface area contributed by atoms with Crippen LogP contribution in [0.5, 0.6) is 0 Å². The van der Waals surface area contributed by atoms with Crippen LogP contribution in [0.3, 0.4) is 0 Å². The summed E-state index contributed by atoms with van der Waals surface area (Å²) < 4.78 is 29.6. The second-order valence-corrected chi connectivity index (χ2v) is 7.86. The molecule has 3 aliphatic heterocycles. The lowest BCUT2D eigenvalue weighted by Crippen LogP contribution is -2.54. The van der Waals surface area contributed by atoms with Gasteiger partial charge in [0.05, 0.1) is 6.61 Å². The zero-order chi connectivity index (χ0) is 14.2. The first-order valence-electron chi connectivity index (χ1n) is 7.76. The molecule has 0 bridgehead atoms. The number of aliphatic hydroxyl groups excluding tert-OH is 1. The Kier molecular flexibility index (Phi) is 4.33. The predicted molar refractivity (Wildman–Crippen MR) is 76.5 cm³/mol. The number of hydrogen-bond donors (Lipinski definition) is 2. The highest BCUT2D eigenvalue weighted by Crippen LogP contribution is 2.29. The number of rotatable bonds is 4. The number of piperidine rings is 1. The zero-order valence-corrected chi connectivity index (χ0v) is 12.7. The topological polar surface area (TPSA) is 72.9 Å². The Morgan fingerprint density at radius 1 is 1.05 bits per heavy atom. The van der Waals surface area contributed by atoms with Gasteiger partial charge in [-0.2, -0.15) is 17.4 Å². The SMILES string of the molecule is O=S(=O)(NC1CCN2CCCC12)N1CCCCC1CO. The lowest BCUT2D eigenvalue weighted by Gasteiger charge is -2.34. The minimum Gasteiger partial charge on any atom is -0.395 e. The van der Waals surface area contributed by atoms with Crippen molar-refractivity contribution in [1.29, 1.82) is 0 Å². The van der Waals surface area contributed by atoms with Crippen molar-refractivity contribution in [2.45, 2.75) is 56.7 Å². The molecule has 3 atom stereocenters. The van der Waals surface area contributed by atoms with Gasteiger partial charge in [-0.3, -0.25) is 4.90 Å². The van der Waals surface area contributed by atoms with Crippen LogP contribution >= 0.6 is 0 Å². The van der Waals surface area contributed by atoms with E-state index in [1.807, 2.05) is 0 Å². The van der Waals surface area contributed by atoms with Crippen molar-refractivity contribution in [1.82, 2.24) is 13.9 Å². The van der Waals surface area contributed by atoms with Crippen molar-refractivity contribution in [3.05, 3.63) is 0 Å². The molecule has 3 heterocycles. The summed E-state index contributed by atoms with van der Waals surface area (Å²) in [7, 11) is -3.47. The van der Waals surface area contributed by atoms with E-state index in [1.165, 1.54) is 10.7 Å². The molecule has 0 aromatic heterocycles. The minimum atomic E-state index is -3.47. The molecule has 3 saturated heterocycles. The second kappa shape index (κ2) is 5.88. The molecule has 0 aliphatic carbocycles. The molecule has 0 amide bonds. The number of nitrogens with one attached hydrogen (secondary N) is 1. The summed E-state index contributed by atoms with van der Waals surface area (Å²) in [5.74, 6) is 0. The highest BCUT2D eigenvalue weighted by molar-refractivity contribution is 7.87. The maximum Gasteiger partial charge on any atom is 0.280 e. The van der Waals surface area contributed by atoms with Crippen LogP contribution in [0.1, 0.15) is 38.5 Å². The second-order valence-electron chi connectivity index (χ2n) is 6.21.